The first-order valence-electron chi connectivity index (χ1n) is 3.89. The molecule has 3 heteroatoms. The summed E-state index contributed by atoms with van der Waals surface area (Å²) in [6.07, 6.45) is 0. The predicted molar refractivity (Wildman–Crippen MR) is 44.7 cm³/mol. The molecule has 0 aliphatic heterocycles. The van der Waals surface area contributed by atoms with Crippen molar-refractivity contribution in [1.29, 1.82) is 0 Å². The molecule has 1 aromatic carbocycles. The van der Waals surface area contributed by atoms with Crippen molar-refractivity contribution in [3.63, 3.8) is 0 Å². The van der Waals surface area contributed by atoms with Gasteiger partial charge in [-0.3, -0.25) is 0 Å². The first-order chi connectivity index (χ1) is 5.11. The quantitative estimate of drug-likeness (QED) is 0.658. The summed E-state index contributed by atoms with van der Waals surface area (Å²) in [6.45, 7) is 6.25. The van der Waals surface area contributed by atoms with E-state index in [-0.39, 0.29) is 44.4 Å². The summed E-state index contributed by atoms with van der Waals surface area (Å²) in [4.78, 5) is 0. The third-order valence-corrected chi connectivity index (χ3v) is 1.86. The van der Waals surface area contributed by atoms with Gasteiger partial charge in [-0.1, -0.05) is 32.0 Å². The Kier molecular flexibility index (Phi) is 7.97. The van der Waals surface area contributed by atoms with Gasteiger partial charge in [-0.25, -0.2) is 0 Å². The number of halogens is 1. The maximum absolute atomic E-state index is 10.9. The standard InChI is InChI=1S/C10H14O.ClH.Zr/c1-7(2)10-5-4-9(11)6-8(10)3;;/h4-7,11H,1-3H3;1H;/q;;+2/p-2. The van der Waals surface area contributed by atoms with Crippen LogP contribution in [0.2, 0.25) is 0 Å². The largest absolute Gasteiger partial charge is 2.00 e. The van der Waals surface area contributed by atoms with Crippen molar-refractivity contribution in [2.24, 2.45) is 0 Å². The van der Waals surface area contributed by atoms with E-state index in [1.807, 2.05) is 13.0 Å². The molecule has 0 aliphatic rings. The van der Waals surface area contributed by atoms with E-state index < -0.39 is 0 Å². The van der Waals surface area contributed by atoms with Gasteiger partial charge in [0.1, 0.15) is 0 Å². The van der Waals surface area contributed by atoms with Crippen molar-refractivity contribution >= 4 is 0 Å². The molecule has 0 amide bonds. The van der Waals surface area contributed by atoms with Crippen LogP contribution >= 0.6 is 0 Å². The van der Waals surface area contributed by atoms with Gasteiger partial charge in [-0.2, -0.15) is 0 Å². The molecule has 0 spiro atoms. The number of benzene rings is 1. The number of hydrogen-bond donors (Lipinski definition) is 0. The van der Waals surface area contributed by atoms with E-state index in [1.54, 1.807) is 12.1 Å². The molecule has 0 unspecified atom stereocenters. The van der Waals surface area contributed by atoms with E-state index in [1.165, 1.54) is 5.56 Å². The van der Waals surface area contributed by atoms with Crippen LogP contribution in [0.5, 0.6) is 5.75 Å². The van der Waals surface area contributed by atoms with E-state index in [0.717, 1.165) is 5.56 Å². The van der Waals surface area contributed by atoms with Gasteiger partial charge in [0.05, 0.1) is 0 Å². The van der Waals surface area contributed by atoms with Crippen molar-refractivity contribution < 1.29 is 43.7 Å². The Labute approximate surface area is 105 Å². The molecule has 0 atom stereocenters. The van der Waals surface area contributed by atoms with Crippen molar-refractivity contribution in [2.45, 2.75) is 26.7 Å². The van der Waals surface area contributed by atoms with Crippen LogP contribution in [0.15, 0.2) is 18.2 Å². The number of rotatable bonds is 1. The van der Waals surface area contributed by atoms with Crippen LogP contribution in [0, 0.1) is 6.92 Å². The van der Waals surface area contributed by atoms with Gasteiger partial charge >= 0.3 is 26.2 Å². The van der Waals surface area contributed by atoms with Gasteiger partial charge in [-0.05, 0) is 24.0 Å². The Morgan fingerprint density at radius 3 is 2.15 bits per heavy atom. The fourth-order valence-corrected chi connectivity index (χ4v) is 1.30. The predicted octanol–water partition coefficient (Wildman–Crippen LogP) is -0.806. The second-order valence-electron chi connectivity index (χ2n) is 3.17. The van der Waals surface area contributed by atoms with E-state index in [9.17, 15) is 5.11 Å². The average Bonchev–Trinajstić information content (AvgIpc) is 1.85. The zero-order valence-electron chi connectivity index (χ0n) is 8.10. The molecule has 0 bridgehead atoms. The van der Waals surface area contributed by atoms with Gasteiger partial charge in [0.2, 0.25) is 0 Å². The first kappa shape index (κ1) is 15.7. The molecule has 1 aromatic rings. The molecular formula is C10H13ClOZr. The summed E-state index contributed by atoms with van der Waals surface area (Å²) in [5, 5.41) is 10.9. The third-order valence-electron chi connectivity index (χ3n) is 1.86. The summed E-state index contributed by atoms with van der Waals surface area (Å²) < 4.78 is 0. The normalized spacial score (nSPS) is 8.92. The molecule has 1 nitrogen and oxygen atoms in total. The van der Waals surface area contributed by atoms with Crippen LogP contribution in [-0.2, 0) is 26.2 Å². The molecular weight excluding hydrogens is 263 g/mol. The van der Waals surface area contributed by atoms with Crippen LogP contribution in [-0.4, -0.2) is 0 Å². The molecule has 0 saturated carbocycles. The SMILES string of the molecule is Cc1cc([O-])ccc1C(C)C.[Cl-].[Zr+2]. The molecule has 0 radical (unpaired) electrons. The van der Waals surface area contributed by atoms with Crippen LogP contribution in [0.25, 0.3) is 0 Å². The molecule has 0 N–H and O–H groups in total. The topological polar surface area (TPSA) is 23.1 Å². The van der Waals surface area contributed by atoms with Crippen molar-refractivity contribution in [1.82, 2.24) is 0 Å². The Bertz CT molecular complexity index is 261. The summed E-state index contributed by atoms with van der Waals surface area (Å²) in [7, 11) is 0. The zero-order chi connectivity index (χ0) is 8.43. The van der Waals surface area contributed by atoms with Gasteiger partial charge in [-0.15, -0.1) is 5.75 Å². The summed E-state index contributed by atoms with van der Waals surface area (Å²) in [6, 6.07) is 5.24. The summed E-state index contributed by atoms with van der Waals surface area (Å²) in [5.74, 6) is 0.613. The van der Waals surface area contributed by atoms with E-state index in [2.05, 4.69) is 13.8 Å². The second kappa shape index (κ2) is 6.62. The van der Waals surface area contributed by atoms with Gasteiger partial charge in [0, 0.05) is 0 Å². The second-order valence-corrected chi connectivity index (χ2v) is 3.17. The number of aryl methyl sites for hydroxylation is 1. The Morgan fingerprint density at radius 1 is 1.23 bits per heavy atom. The molecule has 13 heavy (non-hydrogen) atoms. The number of hydrogen-bond acceptors (Lipinski definition) is 1. The minimum absolute atomic E-state index is 0. The fraction of sp³-hybridized carbons (Fsp3) is 0.400. The zero-order valence-corrected chi connectivity index (χ0v) is 11.3. The van der Waals surface area contributed by atoms with Crippen molar-refractivity contribution in [3.8, 4) is 5.75 Å². The van der Waals surface area contributed by atoms with Gasteiger partial charge in [0.25, 0.3) is 0 Å². The Morgan fingerprint density at radius 2 is 1.77 bits per heavy atom. The summed E-state index contributed by atoms with van der Waals surface area (Å²) in [5.41, 5.74) is 2.37. The average molecular weight is 276 g/mol. The smallest absolute Gasteiger partial charge is 1.00 e. The molecule has 0 saturated heterocycles. The van der Waals surface area contributed by atoms with E-state index in [4.69, 9.17) is 0 Å². The molecule has 0 heterocycles. The molecule has 0 aromatic heterocycles. The maximum Gasteiger partial charge on any atom is 2.00 e. The van der Waals surface area contributed by atoms with Crippen molar-refractivity contribution in [3.05, 3.63) is 29.3 Å². The third kappa shape index (κ3) is 4.29. The van der Waals surface area contributed by atoms with Crippen LogP contribution in [0.3, 0.4) is 0 Å². The molecule has 0 fully saturated rings. The first-order valence-corrected chi connectivity index (χ1v) is 3.89. The minimum atomic E-state index is 0. The van der Waals surface area contributed by atoms with Crippen LogP contribution in [0.1, 0.15) is 30.9 Å². The fourth-order valence-electron chi connectivity index (χ4n) is 1.30. The van der Waals surface area contributed by atoms with Crippen LogP contribution in [0.4, 0.5) is 0 Å². The summed E-state index contributed by atoms with van der Waals surface area (Å²) >= 11 is 0. The molecule has 1 rings (SSSR count). The van der Waals surface area contributed by atoms with E-state index >= 15 is 0 Å². The Hall–Kier alpha value is 0.193. The van der Waals surface area contributed by atoms with Gasteiger partial charge < -0.3 is 17.5 Å². The van der Waals surface area contributed by atoms with Crippen LogP contribution < -0.4 is 17.5 Å². The molecule has 0 aliphatic carbocycles. The van der Waals surface area contributed by atoms with E-state index in [0.29, 0.717) is 5.92 Å². The minimum Gasteiger partial charge on any atom is -1.00 e. The maximum atomic E-state index is 10.9. The monoisotopic (exact) mass is 274 g/mol. The Balaban J connectivity index is 0. The molecule has 70 valence electrons. The van der Waals surface area contributed by atoms with Gasteiger partial charge in [0.15, 0.2) is 0 Å². The van der Waals surface area contributed by atoms with Crippen molar-refractivity contribution in [2.75, 3.05) is 0 Å².